The molecule has 1 amide bonds. The normalized spacial score (nSPS) is 11.6. The average Bonchev–Trinajstić information content (AvgIpc) is 3.40. The van der Waals surface area contributed by atoms with Gasteiger partial charge in [-0.15, -0.1) is 6.54 Å². The molecule has 0 spiro atoms. The number of pyridine rings is 1. The van der Waals surface area contributed by atoms with Gasteiger partial charge >= 0.3 is 12.4 Å². The number of carbonyl (C=O) groups is 1. The zero-order valence-electron chi connectivity index (χ0n) is 21.5. The molecule has 42 heavy (non-hydrogen) atoms. The van der Waals surface area contributed by atoms with Crippen molar-refractivity contribution in [1.82, 2.24) is 20.1 Å². The van der Waals surface area contributed by atoms with Crippen molar-refractivity contribution in [2.75, 3.05) is 0 Å². The van der Waals surface area contributed by atoms with Crippen LogP contribution in [0.4, 0.5) is 30.7 Å². The third-order valence-corrected chi connectivity index (χ3v) is 5.96. The Morgan fingerprint density at radius 2 is 1.43 bits per heavy atom. The molecule has 0 radical (unpaired) electrons. The Kier molecular flexibility index (Phi) is 8.90. The quantitative estimate of drug-likeness (QED) is 0.213. The van der Waals surface area contributed by atoms with E-state index < -0.39 is 41.7 Å². The summed E-state index contributed by atoms with van der Waals surface area (Å²) in [4.78, 5) is 16.7. The van der Waals surface area contributed by atoms with Gasteiger partial charge in [0.25, 0.3) is 5.91 Å². The zero-order chi connectivity index (χ0) is 30.5. The molecule has 13 heteroatoms. The van der Waals surface area contributed by atoms with Gasteiger partial charge in [0.2, 0.25) is 0 Å². The lowest BCUT2D eigenvalue weighted by molar-refractivity contribution is -0.143. The van der Waals surface area contributed by atoms with Gasteiger partial charge in [0, 0.05) is 18.1 Å². The number of carbonyl (C=O) groups excluding carboxylic acids is 1. The predicted molar refractivity (Wildman–Crippen MR) is 141 cm³/mol. The summed E-state index contributed by atoms with van der Waals surface area (Å²) in [6, 6.07) is 16.2. The summed E-state index contributed by atoms with van der Waals surface area (Å²) in [7, 11) is 0. The molecular weight excluding hydrogens is 567 g/mol. The Morgan fingerprint density at radius 3 is 1.98 bits per heavy atom. The van der Waals surface area contributed by atoms with Gasteiger partial charge in [-0.1, -0.05) is 35.9 Å². The maximum atomic E-state index is 13.2. The first-order valence-corrected chi connectivity index (χ1v) is 12.2. The molecule has 0 aliphatic rings. The molecule has 0 aliphatic carbocycles. The van der Waals surface area contributed by atoms with Gasteiger partial charge in [-0.2, -0.15) is 31.4 Å². The molecule has 0 fully saturated rings. The van der Waals surface area contributed by atoms with Crippen molar-refractivity contribution < 1.29 is 35.5 Å². The number of hydrogen-bond donors (Lipinski definition) is 1. The number of benzene rings is 3. The van der Waals surface area contributed by atoms with Crippen molar-refractivity contribution in [2.24, 2.45) is 0 Å². The van der Waals surface area contributed by atoms with E-state index >= 15 is 0 Å². The lowest BCUT2D eigenvalue weighted by Gasteiger charge is -2.14. The van der Waals surface area contributed by atoms with Crippen LogP contribution >= 0.6 is 0 Å². The molecule has 0 bridgehead atoms. The van der Waals surface area contributed by atoms with Gasteiger partial charge < -0.3 is 11.1 Å². The number of nitrogens with one attached hydrogen (secondary N) is 2. The smallest absolute Gasteiger partial charge is 0.416 e. The number of amides is 1. The van der Waals surface area contributed by atoms with E-state index in [1.54, 1.807) is 0 Å². The Labute approximate surface area is 234 Å². The first-order valence-electron chi connectivity index (χ1n) is 12.2. The molecule has 2 heterocycles. The van der Waals surface area contributed by atoms with Crippen molar-refractivity contribution in [2.45, 2.75) is 25.4 Å². The minimum Gasteiger partial charge on any atom is -0.674 e. The number of aromatic nitrogens is 3. The fourth-order valence-corrected chi connectivity index (χ4v) is 3.91. The van der Waals surface area contributed by atoms with Crippen LogP contribution in [0, 0.1) is 5.82 Å². The van der Waals surface area contributed by atoms with E-state index in [4.69, 9.17) is 5.73 Å². The van der Waals surface area contributed by atoms with E-state index in [9.17, 15) is 35.5 Å². The van der Waals surface area contributed by atoms with Crippen LogP contribution in [0.1, 0.15) is 32.6 Å². The van der Waals surface area contributed by atoms with Crippen LogP contribution in [0.15, 0.2) is 91.4 Å². The molecule has 2 N–H and O–H groups in total. The lowest BCUT2D eigenvalue weighted by atomic mass is 10.0. The highest BCUT2D eigenvalue weighted by molar-refractivity contribution is 6.05. The second-order valence-corrected chi connectivity index (χ2v) is 8.91. The lowest BCUT2D eigenvalue weighted by Crippen LogP contribution is -2.24. The molecule has 5 rings (SSSR count). The van der Waals surface area contributed by atoms with Gasteiger partial charge in [-0.25, -0.2) is 9.07 Å². The first-order chi connectivity index (χ1) is 19.9. The van der Waals surface area contributed by atoms with Crippen LogP contribution in [0.2, 0.25) is 0 Å². The Hall–Kier alpha value is -4.78. The van der Waals surface area contributed by atoms with Gasteiger partial charge in [-0.05, 0) is 48.0 Å². The summed E-state index contributed by atoms with van der Waals surface area (Å²) in [6.07, 6.45) is -6.04. The maximum Gasteiger partial charge on any atom is 0.416 e. The zero-order valence-corrected chi connectivity index (χ0v) is 21.5. The third-order valence-electron chi connectivity index (χ3n) is 5.96. The van der Waals surface area contributed by atoms with Crippen LogP contribution in [0.5, 0.6) is 0 Å². The molecule has 6 nitrogen and oxygen atoms in total. The summed E-state index contributed by atoms with van der Waals surface area (Å²) in [5.74, 6) is -1.23. The van der Waals surface area contributed by atoms with Crippen LogP contribution in [-0.4, -0.2) is 20.7 Å². The number of hydrogen-bond acceptors (Lipinski definition) is 3. The molecule has 2 aromatic heterocycles. The molecule has 0 unspecified atom stereocenters. The summed E-state index contributed by atoms with van der Waals surface area (Å²) in [5, 5.41) is 6.81. The van der Waals surface area contributed by atoms with Crippen molar-refractivity contribution >= 4 is 16.8 Å². The molecule has 0 atom stereocenters. The van der Waals surface area contributed by atoms with Crippen molar-refractivity contribution in [3.05, 3.63) is 131 Å². The van der Waals surface area contributed by atoms with E-state index in [0.717, 1.165) is 5.56 Å². The second-order valence-electron chi connectivity index (χ2n) is 8.91. The van der Waals surface area contributed by atoms with Crippen molar-refractivity contribution in [3.8, 4) is 5.69 Å². The van der Waals surface area contributed by atoms with Crippen LogP contribution < -0.4 is 5.32 Å². The molecule has 218 valence electrons. The first kappa shape index (κ1) is 30.2. The van der Waals surface area contributed by atoms with Gasteiger partial charge in [-0.3, -0.25) is 9.78 Å². The predicted octanol–water partition coefficient (Wildman–Crippen LogP) is 7.77. The summed E-state index contributed by atoms with van der Waals surface area (Å²) < 4.78 is 92.9. The number of alkyl halides is 6. The van der Waals surface area contributed by atoms with E-state index in [-0.39, 0.29) is 17.2 Å². The van der Waals surface area contributed by atoms with E-state index in [0.29, 0.717) is 35.3 Å². The topological polar surface area (TPSA) is 83.6 Å². The van der Waals surface area contributed by atoms with Gasteiger partial charge in [0.1, 0.15) is 5.82 Å². The van der Waals surface area contributed by atoms with Crippen LogP contribution in [0.25, 0.3) is 22.3 Å². The molecule has 0 saturated heterocycles. The number of halogens is 7. The Balaban J connectivity index is 0.000000437. The number of nitrogens with zero attached hydrogens (tertiary/aromatic N) is 3. The van der Waals surface area contributed by atoms with Crippen molar-refractivity contribution in [3.63, 3.8) is 0 Å². The molecule has 3 aromatic carbocycles. The molecular formula is C29H21F7N5O-. The summed E-state index contributed by atoms with van der Waals surface area (Å²) >= 11 is 0. The van der Waals surface area contributed by atoms with Gasteiger partial charge in [0.15, 0.2) is 0 Å². The Morgan fingerprint density at radius 1 is 0.810 bits per heavy atom. The second kappa shape index (κ2) is 12.4. The minimum atomic E-state index is -5.00. The average molecular weight is 589 g/mol. The van der Waals surface area contributed by atoms with Crippen LogP contribution in [0.3, 0.4) is 0 Å². The van der Waals surface area contributed by atoms with E-state index in [1.165, 1.54) is 47.5 Å². The minimum absolute atomic E-state index is 0.00822. The van der Waals surface area contributed by atoms with Crippen LogP contribution in [-0.2, 0) is 25.4 Å². The molecule has 0 saturated carbocycles. The maximum absolute atomic E-state index is 13.2. The Bertz CT molecular complexity index is 1630. The SMILES string of the molecule is O=C(NCc1cc(C(F)(F)F)cc(C(F)(F)F)c1)c1cncc2c1cnn2-c1ccc(F)cc1.[NH-]Cc1ccccc1. The highest BCUT2D eigenvalue weighted by atomic mass is 19.4. The largest absolute Gasteiger partial charge is 0.674 e. The number of fused-ring (bicyclic) bond motifs is 1. The fraction of sp³-hybridized carbons (Fsp3) is 0.138. The monoisotopic (exact) mass is 588 g/mol. The van der Waals surface area contributed by atoms with E-state index in [1.807, 2.05) is 30.3 Å². The van der Waals surface area contributed by atoms with Crippen molar-refractivity contribution in [1.29, 1.82) is 0 Å². The highest BCUT2D eigenvalue weighted by Gasteiger charge is 2.36. The van der Waals surface area contributed by atoms with E-state index in [2.05, 4.69) is 15.4 Å². The molecule has 0 aliphatic heterocycles. The molecule has 5 aromatic rings. The van der Waals surface area contributed by atoms with Gasteiger partial charge in [0.05, 0.1) is 40.3 Å². The summed E-state index contributed by atoms with van der Waals surface area (Å²) in [6.45, 7) is -0.199. The number of rotatable bonds is 5. The standard InChI is InChI=1S/C22H13F7N4O.C7H8N/c23-15-1-3-16(4-2-15)33-19-11-30-9-18(17(19)10-32-33)20(34)31-8-12-5-13(21(24,25)26)7-14(6-12)22(27,28)29;8-6-7-4-2-1-3-5-7/h1-7,9-11H,8H2,(H,31,34);1-5,8H,6H2/q;-1. The summed E-state index contributed by atoms with van der Waals surface area (Å²) in [5.41, 5.74) is 5.57. The fourth-order valence-electron chi connectivity index (χ4n) is 3.91. The third kappa shape index (κ3) is 7.29. The highest BCUT2D eigenvalue weighted by Crippen LogP contribution is 2.36.